The van der Waals surface area contributed by atoms with Crippen molar-refractivity contribution in [1.82, 2.24) is 19.9 Å². The predicted octanol–water partition coefficient (Wildman–Crippen LogP) is 1.57. The van der Waals surface area contributed by atoms with Crippen LogP contribution in [0.4, 0.5) is 0 Å². The Balaban J connectivity index is 1.51. The summed E-state index contributed by atoms with van der Waals surface area (Å²) in [6.07, 6.45) is 2.76. The average Bonchev–Trinajstić information content (AvgIpc) is 2.77. The number of nitrogens with one attached hydrogen (secondary N) is 2. The highest BCUT2D eigenvalue weighted by Crippen LogP contribution is 2.24. The summed E-state index contributed by atoms with van der Waals surface area (Å²) < 4.78 is 27.0. The Hall–Kier alpha value is -2.49. The average molecular weight is 451 g/mol. The van der Waals surface area contributed by atoms with Gasteiger partial charge in [0.15, 0.2) is 0 Å². The lowest BCUT2D eigenvalue weighted by Gasteiger charge is -2.31. The fraction of sp³-hybridized carbons (Fsp3) is 0.350. The molecule has 0 saturated carbocycles. The molecular formula is C20H23ClN4O4S. The molecule has 8 nitrogen and oxygen atoms in total. The Kier molecular flexibility index (Phi) is 7.41. The van der Waals surface area contributed by atoms with Crippen LogP contribution in [0.15, 0.2) is 53.6 Å². The van der Waals surface area contributed by atoms with Gasteiger partial charge in [0.2, 0.25) is 21.8 Å². The number of rotatable bonds is 7. The molecule has 3 rings (SSSR count). The molecule has 10 heteroatoms. The van der Waals surface area contributed by atoms with E-state index in [1.807, 2.05) is 6.07 Å². The Morgan fingerprint density at radius 1 is 1.13 bits per heavy atom. The molecule has 1 aromatic heterocycles. The van der Waals surface area contributed by atoms with Crippen molar-refractivity contribution in [1.29, 1.82) is 0 Å². The Bertz CT molecular complexity index is 984. The highest BCUT2D eigenvalue weighted by Gasteiger charge is 2.33. The minimum Gasteiger partial charge on any atom is -0.349 e. The molecule has 0 unspecified atom stereocenters. The number of carbonyl (C=O) groups excluding carboxylic acids is 2. The number of nitrogens with zero attached hydrogens (tertiary/aromatic N) is 2. The molecule has 1 fully saturated rings. The number of piperidine rings is 1. The minimum absolute atomic E-state index is 0.0757. The number of hydrogen-bond acceptors (Lipinski definition) is 5. The van der Waals surface area contributed by atoms with Crippen molar-refractivity contribution in [3.8, 4) is 0 Å². The Morgan fingerprint density at radius 2 is 1.90 bits per heavy atom. The van der Waals surface area contributed by atoms with Crippen LogP contribution >= 0.6 is 11.6 Å². The third kappa shape index (κ3) is 5.78. The molecule has 0 spiro atoms. The second-order valence-electron chi connectivity index (χ2n) is 6.97. The van der Waals surface area contributed by atoms with Gasteiger partial charge in [0, 0.05) is 24.3 Å². The lowest BCUT2D eigenvalue weighted by molar-refractivity contribution is -0.129. The number of aromatic nitrogens is 1. The van der Waals surface area contributed by atoms with Crippen LogP contribution in [-0.2, 0) is 26.2 Å². The lowest BCUT2D eigenvalue weighted by atomic mass is 9.99. The number of sulfonamides is 1. The number of pyridine rings is 1. The number of hydrogen-bond donors (Lipinski definition) is 2. The van der Waals surface area contributed by atoms with Crippen LogP contribution < -0.4 is 10.6 Å². The maximum atomic E-state index is 12.8. The third-order valence-corrected chi connectivity index (χ3v) is 6.95. The van der Waals surface area contributed by atoms with Gasteiger partial charge in [-0.3, -0.25) is 14.6 Å². The maximum Gasteiger partial charge on any atom is 0.243 e. The molecule has 1 atom stereocenters. The summed E-state index contributed by atoms with van der Waals surface area (Å²) in [7, 11) is -3.71. The topological polar surface area (TPSA) is 108 Å². The number of carbonyl (C=O) groups is 2. The van der Waals surface area contributed by atoms with Crippen LogP contribution in [0, 0.1) is 5.92 Å². The lowest BCUT2D eigenvalue weighted by Crippen LogP contribution is -2.47. The molecule has 1 saturated heterocycles. The molecule has 2 N–H and O–H groups in total. The van der Waals surface area contributed by atoms with Gasteiger partial charge in [-0.15, -0.1) is 0 Å². The van der Waals surface area contributed by atoms with E-state index < -0.39 is 15.9 Å². The standard InChI is InChI=1S/C20H23ClN4O4S/c21-16-6-8-18(9-7-16)30(28,29)25-11-3-4-15(14-25)20(27)24-13-19(26)23-12-17-5-1-2-10-22-17/h1-2,5-10,15H,3-4,11-14H2,(H,23,26)(H,24,27)/t15-/m0/s1. The summed E-state index contributed by atoms with van der Waals surface area (Å²) in [5, 5.41) is 5.73. The minimum atomic E-state index is -3.71. The number of amides is 2. The molecule has 0 aliphatic carbocycles. The van der Waals surface area contributed by atoms with Crippen LogP contribution in [0.2, 0.25) is 5.02 Å². The van der Waals surface area contributed by atoms with Crippen LogP contribution in [0.1, 0.15) is 18.5 Å². The number of benzene rings is 1. The zero-order valence-corrected chi connectivity index (χ0v) is 17.8. The molecule has 2 heterocycles. The van der Waals surface area contributed by atoms with Gasteiger partial charge in [-0.05, 0) is 49.2 Å². The predicted molar refractivity (Wildman–Crippen MR) is 112 cm³/mol. The van der Waals surface area contributed by atoms with Crippen LogP contribution in [0.3, 0.4) is 0 Å². The largest absolute Gasteiger partial charge is 0.349 e. The van der Waals surface area contributed by atoms with Gasteiger partial charge in [-0.1, -0.05) is 17.7 Å². The first-order chi connectivity index (χ1) is 14.4. The van der Waals surface area contributed by atoms with E-state index in [0.717, 1.165) is 0 Å². The summed E-state index contributed by atoms with van der Waals surface area (Å²) in [5.41, 5.74) is 0.715. The van der Waals surface area contributed by atoms with Gasteiger partial charge in [0.1, 0.15) is 0 Å². The fourth-order valence-corrected chi connectivity index (χ4v) is 4.85. The summed E-state index contributed by atoms with van der Waals surface area (Å²) in [5.74, 6) is -1.18. The fourth-order valence-electron chi connectivity index (χ4n) is 3.20. The van der Waals surface area contributed by atoms with E-state index in [-0.39, 0.29) is 36.3 Å². The summed E-state index contributed by atoms with van der Waals surface area (Å²) in [4.78, 5) is 28.7. The highest BCUT2D eigenvalue weighted by atomic mass is 35.5. The molecule has 1 aromatic carbocycles. The first-order valence-electron chi connectivity index (χ1n) is 9.56. The summed E-state index contributed by atoms with van der Waals surface area (Å²) in [6, 6.07) is 11.3. The highest BCUT2D eigenvalue weighted by molar-refractivity contribution is 7.89. The monoisotopic (exact) mass is 450 g/mol. The van der Waals surface area contributed by atoms with Crippen molar-refractivity contribution in [2.24, 2.45) is 5.92 Å². The van der Waals surface area contributed by atoms with Crippen molar-refractivity contribution in [3.63, 3.8) is 0 Å². The summed E-state index contributed by atoms with van der Waals surface area (Å²) in [6.45, 7) is 0.518. The summed E-state index contributed by atoms with van der Waals surface area (Å²) >= 11 is 5.83. The Morgan fingerprint density at radius 3 is 2.60 bits per heavy atom. The van der Waals surface area contributed by atoms with Crippen molar-refractivity contribution in [2.45, 2.75) is 24.3 Å². The van der Waals surface area contributed by atoms with Gasteiger partial charge in [-0.25, -0.2) is 8.42 Å². The Labute approximate surface area is 180 Å². The van der Waals surface area contributed by atoms with E-state index in [2.05, 4.69) is 15.6 Å². The first kappa shape index (κ1) is 22.2. The van der Waals surface area contributed by atoms with E-state index >= 15 is 0 Å². The van der Waals surface area contributed by atoms with Gasteiger partial charge < -0.3 is 10.6 Å². The normalized spacial score (nSPS) is 17.3. The van der Waals surface area contributed by atoms with Crippen LogP contribution in [0.5, 0.6) is 0 Å². The molecule has 1 aliphatic heterocycles. The quantitative estimate of drug-likeness (QED) is 0.665. The van der Waals surface area contributed by atoms with Crippen LogP contribution in [0.25, 0.3) is 0 Å². The van der Waals surface area contributed by atoms with Gasteiger partial charge in [-0.2, -0.15) is 4.31 Å². The van der Waals surface area contributed by atoms with E-state index in [9.17, 15) is 18.0 Å². The molecule has 2 aromatic rings. The van der Waals surface area contributed by atoms with Crippen LogP contribution in [-0.4, -0.2) is 49.2 Å². The number of halogens is 1. The molecule has 1 aliphatic rings. The van der Waals surface area contributed by atoms with Crippen molar-refractivity contribution >= 4 is 33.4 Å². The van der Waals surface area contributed by atoms with Crippen molar-refractivity contribution < 1.29 is 18.0 Å². The van der Waals surface area contributed by atoms with Gasteiger partial charge in [0.25, 0.3) is 0 Å². The smallest absolute Gasteiger partial charge is 0.243 e. The third-order valence-electron chi connectivity index (χ3n) is 4.82. The molecule has 160 valence electrons. The zero-order chi connectivity index (χ0) is 21.6. The van der Waals surface area contributed by atoms with Crippen molar-refractivity contribution in [2.75, 3.05) is 19.6 Å². The zero-order valence-electron chi connectivity index (χ0n) is 16.3. The van der Waals surface area contributed by atoms with Gasteiger partial charge >= 0.3 is 0 Å². The molecule has 2 amide bonds. The first-order valence-corrected chi connectivity index (χ1v) is 11.4. The SMILES string of the molecule is O=C(CNC(=O)[C@H]1CCCN(S(=O)(=O)c2ccc(Cl)cc2)C1)NCc1ccccn1. The van der Waals surface area contributed by atoms with E-state index in [4.69, 9.17) is 11.6 Å². The second kappa shape index (κ2) is 10.0. The van der Waals surface area contributed by atoms with Crippen molar-refractivity contribution in [3.05, 3.63) is 59.4 Å². The van der Waals surface area contributed by atoms with Gasteiger partial charge in [0.05, 0.1) is 29.6 Å². The van der Waals surface area contributed by atoms with E-state index in [1.54, 1.807) is 18.3 Å². The maximum absolute atomic E-state index is 12.8. The molecule has 0 bridgehead atoms. The second-order valence-corrected chi connectivity index (χ2v) is 9.35. The molecular weight excluding hydrogens is 428 g/mol. The molecule has 0 radical (unpaired) electrons. The van der Waals surface area contributed by atoms with E-state index in [1.165, 1.54) is 28.6 Å². The van der Waals surface area contributed by atoms with E-state index in [0.29, 0.717) is 30.1 Å². The molecule has 30 heavy (non-hydrogen) atoms.